The second-order valence-electron chi connectivity index (χ2n) is 5.94. The SMILES string of the molecule is CCn1cc(C(=O)N2CCCC(CCC(=O)O)C2)c(C(F)(F)F)n1. The van der Waals surface area contributed by atoms with Crippen molar-refractivity contribution in [3.63, 3.8) is 0 Å². The van der Waals surface area contributed by atoms with Gasteiger partial charge < -0.3 is 10.0 Å². The third-order valence-corrected chi connectivity index (χ3v) is 4.16. The molecule has 24 heavy (non-hydrogen) atoms. The Kier molecular flexibility index (Phi) is 5.51. The Hall–Kier alpha value is -2.06. The second kappa shape index (κ2) is 7.23. The Morgan fingerprint density at radius 2 is 2.12 bits per heavy atom. The zero-order valence-electron chi connectivity index (χ0n) is 13.3. The number of hydrogen-bond donors (Lipinski definition) is 1. The summed E-state index contributed by atoms with van der Waals surface area (Å²) in [6.45, 7) is 2.53. The molecule has 1 atom stereocenters. The summed E-state index contributed by atoms with van der Waals surface area (Å²) >= 11 is 0. The van der Waals surface area contributed by atoms with E-state index < -0.39 is 29.3 Å². The summed E-state index contributed by atoms with van der Waals surface area (Å²) in [7, 11) is 0. The van der Waals surface area contributed by atoms with Gasteiger partial charge in [0.1, 0.15) is 0 Å². The molecular formula is C15H20F3N3O3. The fourth-order valence-corrected chi connectivity index (χ4v) is 2.93. The molecule has 1 aliphatic heterocycles. The first kappa shape index (κ1) is 18.3. The maximum absolute atomic E-state index is 13.1. The summed E-state index contributed by atoms with van der Waals surface area (Å²) in [6, 6.07) is 0. The van der Waals surface area contributed by atoms with E-state index in [0.29, 0.717) is 19.4 Å². The van der Waals surface area contributed by atoms with Crippen molar-refractivity contribution in [2.45, 2.75) is 45.3 Å². The van der Waals surface area contributed by atoms with E-state index >= 15 is 0 Å². The summed E-state index contributed by atoms with van der Waals surface area (Å²) in [6.07, 6.45) is -1.72. The van der Waals surface area contributed by atoms with E-state index in [2.05, 4.69) is 5.10 Å². The Bertz CT molecular complexity index is 613. The number of aromatic nitrogens is 2. The van der Waals surface area contributed by atoms with Crippen LogP contribution in [0.5, 0.6) is 0 Å². The van der Waals surface area contributed by atoms with Crippen LogP contribution in [0.4, 0.5) is 13.2 Å². The molecule has 1 aromatic rings. The van der Waals surface area contributed by atoms with Crippen molar-refractivity contribution in [1.82, 2.24) is 14.7 Å². The lowest BCUT2D eigenvalue weighted by molar-refractivity contribution is -0.142. The molecule has 0 saturated carbocycles. The zero-order chi connectivity index (χ0) is 17.9. The molecule has 0 aromatic carbocycles. The Labute approximate surface area is 137 Å². The number of amides is 1. The maximum atomic E-state index is 13.1. The summed E-state index contributed by atoms with van der Waals surface area (Å²) in [4.78, 5) is 24.6. The lowest BCUT2D eigenvalue weighted by atomic mass is 9.93. The standard InChI is InChI=1S/C15H20F3N3O3/c1-2-21-9-11(13(19-21)15(16,17)18)14(24)20-7-3-4-10(8-20)5-6-12(22)23/h9-10H,2-8H2,1H3,(H,22,23). The first-order valence-corrected chi connectivity index (χ1v) is 7.88. The molecular weight excluding hydrogens is 327 g/mol. The molecule has 1 aliphatic rings. The Morgan fingerprint density at radius 1 is 1.42 bits per heavy atom. The molecule has 2 rings (SSSR count). The van der Waals surface area contributed by atoms with Gasteiger partial charge in [0.2, 0.25) is 0 Å². The van der Waals surface area contributed by atoms with Crippen LogP contribution in [-0.4, -0.2) is 44.8 Å². The minimum atomic E-state index is -4.69. The van der Waals surface area contributed by atoms with Gasteiger partial charge in [-0.2, -0.15) is 18.3 Å². The molecule has 2 heterocycles. The summed E-state index contributed by atoms with van der Waals surface area (Å²) < 4.78 is 40.4. The van der Waals surface area contributed by atoms with Crippen LogP contribution in [0, 0.1) is 5.92 Å². The smallest absolute Gasteiger partial charge is 0.435 e. The lowest BCUT2D eigenvalue weighted by Crippen LogP contribution is -2.40. The van der Waals surface area contributed by atoms with E-state index in [4.69, 9.17) is 5.11 Å². The van der Waals surface area contributed by atoms with Gasteiger partial charge in [-0.3, -0.25) is 14.3 Å². The number of nitrogens with zero attached hydrogens (tertiary/aromatic N) is 3. The number of carboxylic acid groups (broad SMARTS) is 1. The molecule has 0 aliphatic carbocycles. The Balaban J connectivity index is 2.16. The van der Waals surface area contributed by atoms with Gasteiger partial charge in [-0.25, -0.2) is 0 Å². The van der Waals surface area contributed by atoms with Crippen LogP contribution in [0.1, 0.15) is 48.7 Å². The zero-order valence-corrected chi connectivity index (χ0v) is 13.3. The van der Waals surface area contributed by atoms with Crippen LogP contribution in [0.15, 0.2) is 6.20 Å². The summed E-state index contributed by atoms with van der Waals surface area (Å²) in [5, 5.41) is 12.2. The lowest BCUT2D eigenvalue weighted by Gasteiger charge is -2.32. The van der Waals surface area contributed by atoms with Crippen molar-refractivity contribution < 1.29 is 27.9 Å². The number of hydrogen-bond acceptors (Lipinski definition) is 3. The maximum Gasteiger partial charge on any atom is 0.435 e. The van der Waals surface area contributed by atoms with Crippen molar-refractivity contribution in [1.29, 1.82) is 0 Å². The largest absolute Gasteiger partial charge is 0.481 e. The highest BCUT2D eigenvalue weighted by Gasteiger charge is 2.40. The van der Waals surface area contributed by atoms with Crippen LogP contribution in [-0.2, 0) is 17.5 Å². The minimum absolute atomic E-state index is 0.00523. The van der Waals surface area contributed by atoms with Gasteiger partial charge in [-0.05, 0) is 32.1 Å². The number of likely N-dealkylation sites (tertiary alicyclic amines) is 1. The number of carbonyl (C=O) groups is 2. The molecule has 1 fully saturated rings. The molecule has 1 amide bonds. The van der Waals surface area contributed by atoms with E-state index in [9.17, 15) is 22.8 Å². The predicted octanol–water partition coefficient (Wildman–Crippen LogP) is 2.64. The number of aryl methyl sites for hydroxylation is 1. The molecule has 6 nitrogen and oxygen atoms in total. The molecule has 134 valence electrons. The van der Waals surface area contributed by atoms with Gasteiger partial charge >= 0.3 is 12.1 Å². The average Bonchev–Trinajstić information content (AvgIpc) is 2.97. The van der Waals surface area contributed by atoms with E-state index in [1.165, 1.54) is 4.90 Å². The van der Waals surface area contributed by atoms with E-state index in [1.807, 2.05) is 0 Å². The van der Waals surface area contributed by atoms with Gasteiger partial charge in [-0.15, -0.1) is 0 Å². The van der Waals surface area contributed by atoms with Crippen LogP contribution in [0.25, 0.3) is 0 Å². The first-order valence-electron chi connectivity index (χ1n) is 7.88. The third kappa shape index (κ3) is 4.27. The third-order valence-electron chi connectivity index (χ3n) is 4.16. The van der Waals surface area contributed by atoms with Crippen LogP contribution in [0.2, 0.25) is 0 Å². The highest BCUT2D eigenvalue weighted by Crippen LogP contribution is 2.32. The van der Waals surface area contributed by atoms with Crippen molar-refractivity contribution in [3.05, 3.63) is 17.5 Å². The second-order valence-corrected chi connectivity index (χ2v) is 5.94. The number of halogens is 3. The number of aliphatic carboxylic acids is 1. The first-order chi connectivity index (χ1) is 11.2. The normalized spacial score (nSPS) is 18.7. The summed E-state index contributed by atoms with van der Waals surface area (Å²) in [5.41, 5.74) is -1.61. The summed E-state index contributed by atoms with van der Waals surface area (Å²) in [5.74, 6) is -1.61. The molecule has 0 spiro atoms. The van der Waals surface area contributed by atoms with Crippen molar-refractivity contribution in [3.8, 4) is 0 Å². The molecule has 1 unspecified atom stereocenters. The fourth-order valence-electron chi connectivity index (χ4n) is 2.93. The predicted molar refractivity (Wildman–Crippen MR) is 78.4 cm³/mol. The molecule has 1 aromatic heterocycles. The molecule has 1 N–H and O–H groups in total. The van der Waals surface area contributed by atoms with Gasteiger partial charge in [0.25, 0.3) is 5.91 Å². The number of piperidine rings is 1. The monoisotopic (exact) mass is 347 g/mol. The number of alkyl halides is 3. The van der Waals surface area contributed by atoms with E-state index in [1.54, 1.807) is 6.92 Å². The minimum Gasteiger partial charge on any atom is -0.481 e. The highest BCUT2D eigenvalue weighted by molar-refractivity contribution is 5.95. The van der Waals surface area contributed by atoms with Crippen LogP contribution in [0.3, 0.4) is 0 Å². The fraction of sp³-hybridized carbons (Fsp3) is 0.667. The van der Waals surface area contributed by atoms with Crippen molar-refractivity contribution in [2.24, 2.45) is 5.92 Å². The number of carbonyl (C=O) groups excluding carboxylic acids is 1. The average molecular weight is 347 g/mol. The molecule has 0 bridgehead atoms. The Morgan fingerprint density at radius 3 is 2.71 bits per heavy atom. The molecule has 9 heteroatoms. The van der Waals surface area contributed by atoms with E-state index in [-0.39, 0.29) is 25.4 Å². The van der Waals surface area contributed by atoms with Gasteiger partial charge in [-0.1, -0.05) is 0 Å². The van der Waals surface area contributed by atoms with E-state index in [0.717, 1.165) is 17.3 Å². The van der Waals surface area contributed by atoms with Crippen molar-refractivity contribution >= 4 is 11.9 Å². The highest BCUT2D eigenvalue weighted by atomic mass is 19.4. The van der Waals surface area contributed by atoms with Gasteiger partial charge in [0, 0.05) is 32.3 Å². The van der Waals surface area contributed by atoms with Crippen LogP contribution < -0.4 is 0 Å². The quantitative estimate of drug-likeness (QED) is 0.888. The van der Waals surface area contributed by atoms with Crippen LogP contribution >= 0.6 is 0 Å². The topological polar surface area (TPSA) is 75.4 Å². The molecule has 1 saturated heterocycles. The van der Waals surface area contributed by atoms with Gasteiger partial charge in [0.15, 0.2) is 5.69 Å². The number of carboxylic acids is 1. The van der Waals surface area contributed by atoms with Crippen molar-refractivity contribution in [2.75, 3.05) is 13.1 Å². The van der Waals surface area contributed by atoms with Gasteiger partial charge in [0.05, 0.1) is 5.56 Å². The number of rotatable bonds is 5. The molecule has 0 radical (unpaired) electrons.